The highest BCUT2D eigenvalue weighted by Gasteiger charge is 2.24. The first-order chi connectivity index (χ1) is 11.9. The zero-order chi connectivity index (χ0) is 18.4. The van der Waals surface area contributed by atoms with Gasteiger partial charge in [0, 0.05) is 37.7 Å². The molecule has 2 rings (SSSR count). The van der Waals surface area contributed by atoms with Crippen molar-refractivity contribution in [2.45, 2.75) is 20.3 Å². The standard InChI is InChI=1S/C18H24N2O5/c1-13(2)17(23)19-7-4-8-20(10-9-19)18(24)14-5-3-6-15(11-14)25-12-16(21)22/h3,5-6,11,13H,4,7-10,12H2,1-2H3,(H,21,22). The Labute approximate surface area is 147 Å². The molecule has 0 bridgehead atoms. The minimum absolute atomic E-state index is 0.0506. The lowest BCUT2D eigenvalue weighted by Crippen LogP contribution is -2.38. The molecular formula is C18H24N2O5. The van der Waals surface area contributed by atoms with Gasteiger partial charge in [0.15, 0.2) is 6.61 Å². The van der Waals surface area contributed by atoms with E-state index in [-0.39, 0.29) is 17.7 Å². The third kappa shape index (κ3) is 5.20. The number of rotatable bonds is 5. The van der Waals surface area contributed by atoms with E-state index in [0.717, 1.165) is 6.42 Å². The number of carboxylic acid groups (broad SMARTS) is 1. The largest absolute Gasteiger partial charge is 0.482 e. The Hall–Kier alpha value is -2.57. The Kier molecular flexibility index (Phi) is 6.38. The van der Waals surface area contributed by atoms with E-state index in [0.29, 0.717) is 37.5 Å². The summed E-state index contributed by atoms with van der Waals surface area (Å²) in [7, 11) is 0. The van der Waals surface area contributed by atoms with Crippen molar-refractivity contribution in [3.05, 3.63) is 29.8 Å². The first-order valence-corrected chi connectivity index (χ1v) is 8.41. The van der Waals surface area contributed by atoms with Crippen LogP contribution < -0.4 is 4.74 Å². The van der Waals surface area contributed by atoms with Gasteiger partial charge in [-0.2, -0.15) is 0 Å². The number of carboxylic acids is 1. The third-order valence-corrected chi connectivity index (χ3v) is 4.03. The highest BCUT2D eigenvalue weighted by molar-refractivity contribution is 5.94. The van der Waals surface area contributed by atoms with E-state index in [1.165, 1.54) is 0 Å². The lowest BCUT2D eigenvalue weighted by atomic mass is 10.2. The number of hydrogen-bond acceptors (Lipinski definition) is 4. The summed E-state index contributed by atoms with van der Waals surface area (Å²) in [6, 6.07) is 6.51. The summed E-state index contributed by atoms with van der Waals surface area (Å²) in [5, 5.41) is 8.66. The van der Waals surface area contributed by atoms with Gasteiger partial charge in [-0.25, -0.2) is 4.79 Å². The Balaban J connectivity index is 2.02. The van der Waals surface area contributed by atoms with Gasteiger partial charge in [-0.05, 0) is 24.6 Å². The van der Waals surface area contributed by atoms with Gasteiger partial charge in [0.1, 0.15) is 5.75 Å². The van der Waals surface area contributed by atoms with Crippen molar-refractivity contribution in [3.63, 3.8) is 0 Å². The zero-order valence-electron chi connectivity index (χ0n) is 14.6. The van der Waals surface area contributed by atoms with Crippen LogP contribution in [0, 0.1) is 5.92 Å². The molecule has 0 spiro atoms. The predicted molar refractivity (Wildman–Crippen MR) is 91.5 cm³/mol. The van der Waals surface area contributed by atoms with Crippen LogP contribution in [-0.2, 0) is 9.59 Å². The molecule has 0 saturated carbocycles. The molecule has 7 heteroatoms. The van der Waals surface area contributed by atoms with Gasteiger partial charge in [-0.3, -0.25) is 9.59 Å². The van der Waals surface area contributed by atoms with Crippen molar-refractivity contribution in [1.29, 1.82) is 0 Å². The predicted octanol–water partition coefficient (Wildman–Crippen LogP) is 1.48. The Morgan fingerprint density at radius 3 is 2.48 bits per heavy atom. The van der Waals surface area contributed by atoms with Crippen molar-refractivity contribution in [3.8, 4) is 5.75 Å². The molecular weight excluding hydrogens is 324 g/mol. The van der Waals surface area contributed by atoms with Crippen molar-refractivity contribution in [2.75, 3.05) is 32.8 Å². The molecule has 7 nitrogen and oxygen atoms in total. The van der Waals surface area contributed by atoms with E-state index >= 15 is 0 Å². The van der Waals surface area contributed by atoms with Crippen LogP contribution in [0.4, 0.5) is 0 Å². The molecule has 1 fully saturated rings. The molecule has 0 radical (unpaired) electrons. The quantitative estimate of drug-likeness (QED) is 0.871. The van der Waals surface area contributed by atoms with Gasteiger partial charge in [0.2, 0.25) is 5.91 Å². The summed E-state index contributed by atoms with van der Waals surface area (Å²) in [6.45, 7) is 5.55. The van der Waals surface area contributed by atoms with Crippen molar-refractivity contribution < 1.29 is 24.2 Å². The van der Waals surface area contributed by atoms with Crippen LogP contribution in [0.25, 0.3) is 0 Å². The van der Waals surface area contributed by atoms with E-state index in [2.05, 4.69) is 0 Å². The van der Waals surface area contributed by atoms with E-state index in [4.69, 9.17) is 9.84 Å². The molecule has 1 aromatic rings. The first-order valence-electron chi connectivity index (χ1n) is 8.41. The number of ether oxygens (including phenoxy) is 1. The molecule has 0 unspecified atom stereocenters. The molecule has 25 heavy (non-hydrogen) atoms. The number of aliphatic carboxylic acids is 1. The van der Waals surface area contributed by atoms with Crippen LogP contribution in [0.3, 0.4) is 0 Å². The summed E-state index contributed by atoms with van der Waals surface area (Å²) in [6.07, 6.45) is 0.736. The van der Waals surface area contributed by atoms with Crippen molar-refractivity contribution >= 4 is 17.8 Å². The normalized spacial score (nSPS) is 15.0. The average Bonchev–Trinajstić information content (AvgIpc) is 2.85. The van der Waals surface area contributed by atoms with Gasteiger partial charge >= 0.3 is 5.97 Å². The lowest BCUT2D eigenvalue weighted by molar-refractivity contribution is -0.139. The van der Waals surface area contributed by atoms with E-state index in [9.17, 15) is 14.4 Å². The van der Waals surface area contributed by atoms with Crippen LogP contribution in [-0.4, -0.2) is 65.5 Å². The maximum atomic E-state index is 12.7. The second-order valence-corrected chi connectivity index (χ2v) is 6.34. The first kappa shape index (κ1) is 18.8. The average molecular weight is 348 g/mol. The van der Waals surface area contributed by atoms with Gasteiger partial charge in [-0.1, -0.05) is 19.9 Å². The van der Waals surface area contributed by atoms with Crippen molar-refractivity contribution in [1.82, 2.24) is 9.80 Å². The minimum atomic E-state index is -1.07. The van der Waals surface area contributed by atoms with E-state index in [1.54, 1.807) is 29.2 Å². The maximum absolute atomic E-state index is 12.7. The van der Waals surface area contributed by atoms with Gasteiger partial charge in [-0.15, -0.1) is 0 Å². The van der Waals surface area contributed by atoms with E-state index in [1.807, 2.05) is 18.7 Å². The summed E-state index contributed by atoms with van der Waals surface area (Å²) in [5.74, 6) is -0.804. The second kappa shape index (κ2) is 8.50. The molecule has 136 valence electrons. The zero-order valence-corrected chi connectivity index (χ0v) is 14.6. The van der Waals surface area contributed by atoms with Gasteiger partial charge < -0.3 is 19.6 Å². The van der Waals surface area contributed by atoms with Gasteiger partial charge in [0.25, 0.3) is 5.91 Å². The minimum Gasteiger partial charge on any atom is -0.482 e. The van der Waals surface area contributed by atoms with Crippen LogP contribution in [0.15, 0.2) is 24.3 Å². The second-order valence-electron chi connectivity index (χ2n) is 6.34. The molecule has 1 saturated heterocycles. The monoisotopic (exact) mass is 348 g/mol. The number of amides is 2. The SMILES string of the molecule is CC(C)C(=O)N1CCCN(C(=O)c2cccc(OCC(=O)O)c2)CC1. The molecule has 1 aromatic carbocycles. The number of carbonyl (C=O) groups excluding carboxylic acids is 2. The molecule has 1 aliphatic heterocycles. The number of benzene rings is 1. The van der Waals surface area contributed by atoms with Crippen LogP contribution >= 0.6 is 0 Å². The van der Waals surface area contributed by atoms with Gasteiger partial charge in [0.05, 0.1) is 0 Å². The molecule has 0 aromatic heterocycles. The van der Waals surface area contributed by atoms with E-state index < -0.39 is 12.6 Å². The fourth-order valence-electron chi connectivity index (χ4n) is 2.75. The highest BCUT2D eigenvalue weighted by Crippen LogP contribution is 2.16. The maximum Gasteiger partial charge on any atom is 0.341 e. The number of hydrogen-bond donors (Lipinski definition) is 1. The van der Waals surface area contributed by atoms with Crippen LogP contribution in [0.1, 0.15) is 30.6 Å². The fraction of sp³-hybridized carbons (Fsp3) is 0.500. The smallest absolute Gasteiger partial charge is 0.341 e. The topological polar surface area (TPSA) is 87.2 Å². The molecule has 1 N–H and O–H groups in total. The molecule has 1 heterocycles. The lowest BCUT2D eigenvalue weighted by Gasteiger charge is -2.23. The molecule has 2 amide bonds. The fourth-order valence-corrected chi connectivity index (χ4v) is 2.75. The van der Waals surface area contributed by atoms with Crippen LogP contribution in [0.2, 0.25) is 0 Å². The number of carbonyl (C=O) groups is 3. The molecule has 0 aliphatic carbocycles. The number of nitrogens with zero attached hydrogens (tertiary/aromatic N) is 2. The Morgan fingerprint density at radius 2 is 1.80 bits per heavy atom. The summed E-state index contributed by atoms with van der Waals surface area (Å²) in [5.41, 5.74) is 0.450. The Morgan fingerprint density at radius 1 is 1.12 bits per heavy atom. The highest BCUT2D eigenvalue weighted by atomic mass is 16.5. The van der Waals surface area contributed by atoms with Crippen molar-refractivity contribution in [2.24, 2.45) is 5.92 Å². The third-order valence-electron chi connectivity index (χ3n) is 4.03. The van der Waals surface area contributed by atoms with Crippen LogP contribution in [0.5, 0.6) is 5.75 Å². The molecule has 0 atom stereocenters. The Bertz CT molecular complexity index is 644. The summed E-state index contributed by atoms with van der Waals surface area (Å²) >= 11 is 0. The molecule has 1 aliphatic rings. The summed E-state index contributed by atoms with van der Waals surface area (Å²) < 4.78 is 5.12. The summed E-state index contributed by atoms with van der Waals surface area (Å²) in [4.78, 5) is 38.9.